The highest BCUT2D eigenvalue weighted by Gasteiger charge is 2.28. The average molecular weight is 525 g/mol. The van der Waals surface area contributed by atoms with E-state index in [9.17, 15) is 18.4 Å². The van der Waals surface area contributed by atoms with Gasteiger partial charge in [-0.15, -0.1) is 0 Å². The second-order valence-electron chi connectivity index (χ2n) is 9.38. The SMILES string of the molecule is Cc1ccc(-n2c(C(C)N(CC(C)C)C(=O)Nc3ccc(F)cc3F)nc3cc(Cl)ccc3c2=O)cc1. The lowest BCUT2D eigenvalue weighted by Crippen LogP contribution is -2.42. The first-order chi connectivity index (χ1) is 17.5. The van der Waals surface area contributed by atoms with Gasteiger partial charge in [0.2, 0.25) is 0 Å². The summed E-state index contributed by atoms with van der Waals surface area (Å²) in [5, 5.41) is 3.34. The molecule has 1 heterocycles. The van der Waals surface area contributed by atoms with E-state index in [1.54, 1.807) is 25.1 Å². The number of benzene rings is 3. The Balaban J connectivity index is 1.86. The van der Waals surface area contributed by atoms with Crippen LogP contribution in [0, 0.1) is 24.5 Å². The lowest BCUT2D eigenvalue weighted by atomic mass is 10.1. The summed E-state index contributed by atoms with van der Waals surface area (Å²) in [6.45, 7) is 7.86. The molecule has 2 amide bonds. The molecule has 0 saturated carbocycles. The van der Waals surface area contributed by atoms with E-state index in [0.29, 0.717) is 33.5 Å². The van der Waals surface area contributed by atoms with Gasteiger partial charge in [-0.1, -0.05) is 43.1 Å². The Morgan fingerprint density at radius 3 is 2.41 bits per heavy atom. The first-order valence-electron chi connectivity index (χ1n) is 11.9. The number of aryl methyl sites for hydroxylation is 1. The van der Waals surface area contributed by atoms with E-state index in [0.717, 1.165) is 11.6 Å². The van der Waals surface area contributed by atoms with Crippen LogP contribution in [0.5, 0.6) is 0 Å². The van der Waals surface area contributed by atoms with E-state index in [-0.39, 0.29) is 23.7 Å². The molecule has 0 fully saturated rings. The quantitative estimate of drug-likeness (QED) is 0.299. The third kappa shape index (κ3) is 5.64. The normalized spacial score (nSPS) is 12.1. The Bertz CT molecular complexity index is 1520. The fourth-order valence-electron chi connectivity index (χ4n) is 4.13. The number of halogens is 3. The van der Waals surface area contributed by atoms with Gasteiger partial charge in [0.1, 0.15) is 17.5 Å². The molecular formula is C28H27ClF2N4O2. The van der Waals surface area contributed by atoms with Crippen LogP contribution in [0.3, 0.4) is 0 Å². The summed E-state index contributed by atoms with van der Waals surface area (Å²) in [4.78, 5) is 33.4. The number of carbonyl (C=O) groups is 1. The van der Waals surface area contributed by atoms with Gasteiger partial charge >= 0.3 is 6.03 Å². The molecule has 4 aromatic rings. The monoisotopic (exact) mass is 524 g/mol. The lowest BCUT2D eigenvalue weighted by molar-refractivity contribution is 0.179. The number of hydrogen-bond donors (Lipinski definition) is 1. The van der Waals surface area contributed by atoms with Gasteiger partial charge in [0.05, 0.1) is 28.3 Å². The molecule has 3 aromatic carbocycles. The van der Waals surface area contributed by atoms with Crippen LogP contribution in [-0.4, -0.2) is 27.0 Å². The predicted octanol–water partition coefficient (Wildman–Crippen LogP) is 6.88. The van der Waals surface area contributed by atoms with Gasteiger partial charge < -0.3 is 10.2 Å². The minimum absolute atomic E-state index is 0.0423. The molecule has 0 aliphatic heterocycles. The maximum absolute atomic E-state index is 14.3. The molecule has 9 heteroatoms. The van der Waals surface area contributed by atoms with Crippen molar-refractivity contribution in [3.8, 4) is 5.69 Å². The number of anilines is 1. The van der Waals surface area contributed by atoms with E-state index in [1.807, 2.05) is 45.0 Å². The van der Waals surface area contributed by atoms with E-state index >= 15 is 0 Å². The van der Waals surface area contributed by atoms with Gasteiger partial charge in [-0.2, -0.15) is 0 Å². The van der Waals surface area contributed by atoms with Gasteiger partial charge in [0.15, 0.2) is 0 Å². The molecule has 0 aliphatic rings. The molecule has 37 heavy (non-hydrogen) atoms. The highest BCUT2D eigenvalue weighted by molar-refractivity contribution is 6.31. The summed E-state index contributed by atoms with van der Waals surface area (Å²) >= 11 is 6.19. The van der Waals surface area contributed by atoms with Crippen LogP contribution >= 0.6 is 11.6 Å². The maximum atomic E-state index is 14.3. The fraction of sp³-hybridized carbons (Fsp3) is 0.250. The van der Waals surface area contributed by atoms with Crippen molar-refractivity contribution >= 4 is 34.2 Å². The van der Waals surface area contributed by atoms with Gasteiger partial charge in [0, 0.05) is 17.6 Å². The molecule has 4 rings (SSSR count). The topological polar surface area (TPSA) is 67.2 Å². The number of nitrogens with zero attached hydrogens (tertiary/aromatic N) is 3. The highest BCUT2D eigenvalue weighted by atomic mass is 35.5. The molecule has 0 spiro atoms. The number of aromatic nitrogens is 2. The van der Waals surface area contributed by atoms with E-state index < -0.39 is 23.7 Å². The first kappa shape index (κ1) is 26.3. The molecule has 1 atom stereocenters. The number of amides is 2. The van der Waals surface area contributed by atoms with E-state index in [4.69, 9.17) is 16.6 Å². The first-order valence-corrected chi connectivity index (χ1v) is 12.2. The Labute approximate surface area is 218 Å². The van der Waals surface area contributed by atoms with Gasteiger partial charge in [-0.25, -0.2) is 18.6 Å². The summed E-state index contributed by atoms with van der Waals surface area (Å²) in [5.41, 5.74) is 1.56. The molecule has 1 N–H and O–H groups in total. The molecule has 0 radical (unpaired) electrons. The zero-order valence-electron chi connectivity index (χ0n) is 20.9. The second kappa shape index (κ2) is 10.7. The predicted molar refractivity (Wildman–Crippen MR) is 142 cm³/mol. The van der Waals surface area contributed by atoms with Crippen molar-refractivity contribution < 1.29 is 13.6 Å². The van der Waals surface area contributed by atoms with Crippen LogP contribution in [0.4, 0.5) is 19.3 Å². The second-order valence-corrected chi connectivity index (χ2v) is 9.82. The number of hydrogen-bond acceptors (Lipinski definition) is 3. The molecule has 0 saturated heterocycles. The number of rotatable bonds is 6. The minimum Gasteiger partial charge on any atom is -0.314 e. The van der Waals surface area contributed by atoms with Crippen LogP contribution < -0.4 is 10.9 Å². The summed E-state index contributed by atoms with van der Waals surface area (Å²) in [5.74, 6) is -1.27. The molecule has 0 bridgehead atoms. The Hall–Kier alpha value is -3.78. The number of carbonyl (C=O) groups excluding carboxylic acids is 1. The van der Waals surface area contributed by atoms with E-state index in [1.165, 1.54) is 15.5 Å². The molecule has 192 valence electrons. The Morgan fingerprint density at radius 1 is 1.05 bits per heavy atom. The van der Waals surface area contributed by atoms with Crippen molar-refractivity contribution in [2.45, 2.75) is 33.7 Å². The summed E-state index contributed by atoms with van der Waals surface area (Å²) in [7, 11) is 0. The Kier molecular flexibility index (Phi) is 7.59. The Morgan fingerprint density at radius 2 is 1.76 bits per heavy atom. The van der Waals surface area contributed by atoms with Gasteiger partial charge in [-0.05, 0) is 62.2 Å². The summed E-state index contributed by atoms with van der Waals surface area (Å²) in [6, 6.07) is 13.9. The van der Waals surface area contributed by atoms with E-state index in [2.05, 4.69) is 5.32 Å². The summed E-state index contributed by atoms with van der Waals surface area (Å²) in [6.07, 6.45) is 0. The van der Waals surface area contributed by atoms with Crippen molar-refractivity contribution in [2.24, 2.45) is 5.92 Å². The summed E-state index contributed by atoms with van der Waals surface area (Å²) < 4.78 is 29.2. The lowest BCUT2D eigenvalue weighted by Gasteiger charge is -2.32. The molecule has 1 aromatic heterocycles. The molecular weight excluding hydrogens is 498 g/mol. The van der Waals surface area contributed by atoms with Crippen LogP contribution in [0.25, 0.3) is 16.6 Å². The molecule has 6 nitrogen and oxygen atoms in total. The number of fused-ring (bicyclic) bond motifs is 1. The van der Waals surface area contributed by atoms with Crippen LogP contribution in [0.2, 0.25) is 5.02 Å². The van der Waals surface area contributed by atoms with Crippen LogP contribution in [0.1, 0.15) is 38.2 Å². The standard InChI is InChI=1S/C28H27ClF2N4O2/c1-16(2)15-34(28(37)33-24-12-8-20(30)14-23(24)31)18(4)26-32-25-13-19(29)7-11-22(25)27(36)35(26)21-9-5-17(3)6-10-21/h5-14,16,18H,15H2,1-4H3,(H,33,37). The number of urea groups is 1. The van der Waals surface area contributed by atoms with Crippen molar-refractivity contribution in [3.63, 3.8) is 0 Å². The third-order valence-corrected chi connectivity index (χ3v) is 6.22. The highest BCUT2D eigenvalue weighted by Crippen LogP contribution is 2.26. The zero-order chi connectivity index (χ0) is 26.9. The third-order valence-electron chi connectivity index (χ3n) is 5.99. The van der Waals surface area contributed by atoms with Crippen LogP contribution in [-0.2, 0) is 0 Å². The van der Waals surface area contributed by atoms with Crippen molar-refractivity contribution in [1.29, 1.82) is 0 Å². The minimum atomic E-state index is -0.888. The van der Waals surface area contributed by atoms with Gasteiger partial charge in [-0.3, -0.25) is 9.36 Å². The average Bonchev–Trinajstić information content (AvgIpc) is 2.84. The van der Waals surface area contributed by atoms with Gasteiger partial charge in [0.25, 0.3) is 5.56 Å². The fourth-order valence-corrected chi connectivity index (χ4v) is 4.29. The molecule has 1 unspecified atom stereocenters. The van der Waals surface area contributed by atoms with Crippen LogP contribution in [0.15, 0.2) is 65.5 Å². The largest absolute Gasteiger partial charge is 0.322 e. The smallest absolute Gasteiger partial charge is 0.314 e. The maximum Gasteiger partial charge on any atom is 0.322 e. The van der Waals surface area contributed by atoms with Crippen molar-refractivity contribution in [3.05, 3.63) is 99.1 Å². The van der Waals surface area contributed by atoms with Crippen molar-refractivity contribution in [2.75, 3.05) is 11.9 Å². The van der Waals surface area contributed by atoms with Crippen molar-refractivity contribution in [1.82, 2.24) is 14.5 Å². The number of nitrogens with one attached hydrogen (secondary N) is 1. The molecule has 0 aliphatic carbocycles. The zero-order valence-corrected chi connectivity index (χ0v) is 21.7.